The fourth-order valence-corrected chi connectivity index (χ4v) is 7.11. The average Bonchev–Trinajstić information content (AvgIpc) is 3.06. The molecule has 3 heterocycles. The molecule has 2 aliphatic rings. The molecule has 0 radical (unpaired) electrons. The smallest absolute Gasteiger partial charge is 0.302 e. The lowest BCUT2D eigenvalue weighted by molar-refractivity contribution is -0.161. The molecule has 0 saturated carbocycles. The maximum atomic E-state index is 13.5. The van der Waals surface area contributed by atoms with Crippen molar-refractivity contribution >= 4 is 39.3 Å². The Balaban J connectivity index is 2.25. The summed E-state index contributed by atoms with van der Waals surface area (Å²) in [6.07, 6.45) is -1.25. The van der Waals surface area contributed by atoms with Gasteiger partial charge in [-0.1, -0.05) is 32.5 Å². The number of esters is 1. The Kier molecular flexibility index (Phi) is 6.01. The summed E-state index contributed by atoms with van der Waals surface area (Å²) in [4.78, 5) is 38.5. The van der Waals surface area contributed by atoms with Crippen LogP contribution in [0.1, 0.15) is 27.7 Å². The number of Topliss-reactive ketones (excluding diaryl/α,β-unsaturated/α-hetero) is 1. The van der Waals surface area contributed by atoms with E-state index in [0.29, 0.717) is 0 Å². The molecule has 0 N–H and O–H groups in total. The van der Waals surface area contributed by atoms with Gasteiger partial charge in [0.2, 0.25) is 5.16 Å². The Labute approximate surface area is 183 Å². The van der Waals surface area contributed by atoms with Crippen molar-refractivity contribution in [3.8, 4) is 0 Å². The zero-order valence-electron chi connectivity index (χ0n) is 17.8. The first kappa shape index (κ1) is 23.3. The van der Waals surface area contributed by atoms with Gasteiger partial charge in [-0.3, -0.25) is 19.3 Å². The van der Waals surface area contributed by atoms with E-state index >= 15 is 0 Å². The van der Waals surface area contributed by atoms with Gasteiger partial charge in [0, 0.05) is 32.1 Å². The van der Waals surface area contributed by atoms with Gasteiger partial charge in [0.1, 0.15) is 11.2 Å². The van der Waals surface area contributed by atoms with E-state index in [-0.39, 0.29) is 16.4 Å². The number of aryl methyl sites for hydroxylation is 1. The molecular formula is C17H23N5O7S2. The van der Waals surface area contributed by atoms with Gasteiger partial charge in [0.05, 0.1) is 5.70 Å². The van der Waals surface area contributed by atoms with Crippen LogP contribution in [0.3, 0.4) is 0 Å². The summed E-state index contributed by atoms with van der Waals surface area (Å²) in [5.74, 6) is -1.77. The van der Waals surface area contributed by atoms with Crippen LogP contribution < -0.4 is 0 Å². The third kappa shape index (κ3) is 3.87. The molecule has 1 unspecified atom stereocenters. The lowest BCUT2D eigenvalue weighted by atomic mass is 9.85. The number of β-lactam (4-membered cyclic amide) rings is 1. The van der Waals surface area contributed by atoms with Crippen LogP contribution >= 0.6 is 11.8 Å². The minimum Gasteiger partial charge on any atom is -0.461 e. The molecule has 170 valence electrons. The number of methoxy groups -OCH3 is 1. The predicted octanol–water partition coefficient (Wildman–Crippen LogP) is -0.328. The van der Waals surface area contributed by atoms with E-state index in [1.54, 1.807) is 20.8 Å². The topological polar surface area (TPSA) is 151 Å². The van der Waals surface area contributed by atoms with E-state index in [0.717, 1.165) is 23.6 Å². The van der Waals surface area contributed by atoms with Crippen molar-refractivity contribution in [3.63, 3.8) is 0 Å². The molecule has 0 bridgehead atoms. The molecule has 1 aromatic rings. The molecule has 31 heavy (non-hydrogen) atoms. The van der Waals surface area contributed by atoms with E-state index < -0.39 is 55.6 Å². The highest BCUT2D eigenvalue weighted by Crippen LogP contribution is 2.47. The van der Waals surface area contributed by atoms with Crippen molar-refractivity contribution in [3.05, 3.63) is 11.3 Å². The number of hydrogen-bond acceptors (Lipinski definition) is 11. The van der Waals surface area contributed by atoms with Gasteiger partial charge >= 0.3 is 5.97 Å². The molecule has 0 aliphatic carbocycles. The summed E-state index contributed by atoms with van der Waals surface area (Å²) >= 11 is 0.794. The molecule has 3 atom stereocenters. The zero-order valence-corrected chi connectivity index (χ0v) is 19.5. The van der Waals surface area contributed by atoms with Crippen LogP contribution in [0.25, 0.3) is 0 Å². The number of rotatable bonds is 6. The monoisotopic (exact) mass is 473 g/mol. The Morgan fingerprint density at radius 3 is 2.39 bits per heavy atom. The summed E-state index contributed by atoms with van der Waals surface area (Å²) in [6, 6.07) is 0. The summed E-state index contributed by atoms with van der Waals surface area (Å²) in [5.41, 5.74) is -1.05. The molecule has 3 rings (SSSR count). The molecule has 1 amide bonds. The summed E-state index contributed by atoms with van der Waals surface area (Å²) in [7, 11) is -1.36. The van der Waals surface area contributed by atoms with Gasteiger partial charge < -0.3 is 9.47 Å². The molecular weight excluding hydrogens is 450 g/mol. The van der Waals surface area contributed by atoms with Crippen molar-refractivity contribution in [2.24, 2.45) is 12.5 Å². The molecule has 12 nitrogen and oxygen atoms in total. The first-order chi connectivity index (χ1) is 14.3. The van der Waals surface area contributed by atoms with Crippen LogP contribution in [-0.4, -0.2) is 81.0 Å². The zero-order chi connectivity index (χ0) is 23.3. The first-order valence-electron chi connectivity index (χ1n) is 9.21. The lowest BCUT2D eigenvalue weighted by Gasteiger charge is -2.51. The van der Waals surface area contributed by atoms with Gasteiger partial charge in [-0.05, 0) is 10.4 Å². The van der Waals surface area contributed by atoms with Gasteiger partial charge in [0.15, 0.2) is 27.1 Å². The molecule has 1 saturated heterocycles. The molecule has 1 aromatic heterocycles. The minimum absolute atomic E-state index is 0.0118. The standard InChI is InChI=1S/C17H23N5O7S2/c1-8(23)29-7-9-10(12(24)17(2,3)4)22-13(25)11(28-6)14(22)31(26,27)15(9)30-16-18-19-20-21(16)5/h11,14-15H,7H2,1-6H3/t11-,14-,15?/m0/s1. The number of tetrazole rings is 1. The van der Waals surface area contributed by atoms with Gasteiger partial charge in [-0.15, -0.1) is 5.10 Å². The van der Waals surface area contributed by atoms with Gasteiger partial charge in [-0.2, -0.15) is 0 Å². The molecule has 0 spiro atoms. The molecule has 0 aromatic carbocycles. The van der Waals surface area contributed by atoms with Crippen molar-refractivity contribution in [2.45, 2.75) is 48.9 Å². The number of carbonyl (C=O) groups excluding carboxylic acids is 3. The number of hydrogen-bond donors (Lipinski definition) is 0. The fraction of sp³-hybridized carbons (Fsp3) is 0.647. The van der Waals surface area contributed by atoms with Crippen LogP contribution in [0.5, 0.6) is 0 Å². The van der Waals surface area contributed by atoms with Crippen LogP contribution in [-0.2, 0) is 40.7 Å². The SMILES string of the molecule is CO[C@H]1C(=O)N2C(C(=O)C(C)(C)C)=C(COC(C)=O)C(Sc3nnnn3C)S(=O)(=O)[C@@H]12. The van der Waals surface area contributed by atoms with Crippen molar-refractivity contribution < 1.29 is 32.3 Å². The Morgan fingerprint density at radius 2 is 1.90 bits per heavy atom. The molecule has 2 aliphatic heterocycles. The number of thioether (sulfide) groups is 1. The highest BCUT2D eigenvalue weighted by atomic mass is 32.3. The van der Waals surface area contributed by atoms with E-state index in [2.05, 4.69) is 15.5 Å². The van der Waals surface area contributed by atoms with Crippen LogP contribution in [0.2, 0.25) is 0 Å². The minimum atomic E-state index is -4.13. The first-order valence-corrected chi connectivity index (χ1v) is 11.7. The van der Waals surface area contributed by atoms with Crippen LogP contribution in [0, 0.1) is 5.41 Å². The largest absolute Gasteiger partial charge is 0.461 e. The van der Waals surface area contributed by atoms with Crippen LogP contribution in [0.4, 0.5) is 0 Å². The summed E-state index contributed by atoms with van der Waals surface area (Å²) in [5, 5.41) is 9.81. The number of fused-ring (bicyclic) bond motifs is 1. The van der Waals surface area contributed by atoms with Gasteiger partial charge in [-0.25, -0.2) is 13.1 Å². The Bertz CT molecular complexity index is 1070. The Hall–Kier alpha value is -2.32. The lowest BCUT2D eigenvalue weighted by Crippen LogP contribution is -2.72. The number of ether oxygens (including phenoxy) is 2. The fourth-order valence-electron chi connectivity index (χ4n) is 3.28. The van der Waals surface area contributed by atoms with Gasteiger partial charge in [0.25, 0.3) is 5.91 Å². The van der Waals surface area contributed by atoms with Crippen LogP contribution in [0.15, 0.2) is 16.4 Å². The number of aromatic nitrogens is 4. The molecule has 14 heteroatoms. The number of carbonyl (C=O) groups is 3. The Morgan fingerprint density at radius 1 is 1.26 bits per heavy atom. The highest BCUT2D eigenvalue weighted by Gasteiger charge is 2.64. The maximum Gasteiger partial charge on any atom is 0.302 e. The summed E-state index contributed by atoms with van der Waals surface area (Å²) < 4.78 is 37.2. The number of amides is 1. The second-order valence-corrected chi connectivity index (χ2v) is 11.6. The predicted molar refractivity (Wildman–Crippen MR) is 107 cm³/mol. The third-order valence-corrected chi connectivity index (χ3v) is 8.99. The van der Waals surface area contributed by atoms with E-state index in [1.165, 1.54) is 18.8 Å². The normalized spacial score (nSPS) is 25.2. The average molecular weight is 474 g/mol. The van der Waals surface area contributed by atoms with Crippen molar-refractivity contribution in [1.82, 2.24) is 25.1 Å². The number of sulfone groups is 1. The quantitative estimate of drug-likeness (QED) is 0.394. The van der Waals surface area contributed by atoms with E-state index in [1.807, 2.05) is 0 Å². The summed E-state index contributed by atoms with van der Waals surface area (Å²) in [6.45, 7) is 5.63. The second kappa shape index (κ2) is 7.98. The van der Waals surface area contributed by atoms with Crippen molar-refractivity contribution in [2.75, 3.05) is 13.7 Å². The molecule has 1 fully saturated rings. The number of ketones is 1. The van der Waals surface area contributed by atoms with Crippen molar-refractivity contribution in [1.29, 1.82) is 0 Å². The number of nitrogens with zero attached hydrogens (tertiary/aromatic N) is 5. The highest BCUT2D eigenvalue weighted by molar-refractivity contribution is 8.14. The maximum absolute atomic E-state index is 13.5. The second-order valence-electron chi connectivity index (χ2n) is 8.11. The van der Waals surface area contributed by atoms with E-state index in [9.17, 15) is 22.8 Å². The number of allylic oxidation sites excluding steroid dienone is 1. The third-order valence-electron chi connectivity index (χ3n) is 4.83. The van der Waals surface area contributed by atoms with E-state index in [4.69, 9.17) is 9.47 Å².